The van der Waals surface area contributed by atoms with E-state index in [-0.39, 0.29) is 11.4 Å². The summed E-state index contributed by atoms with van der Waals surface area (Å²) in [5, 5.41) is 12.6. The van der Waals surface area contributed by atoms with Crippen molar-refractivity contribution in [2.75, 3.05) is 12.4 Å². The van der Waals surface area contributed by atoms with Crippen LogP contribution in [0, 0.1) is 17.1 Å². The first-order valence-electron chi connectivity index (χ1n) is 7.26. The average molecular weight is 357 g/mol. The summed E-state index contributed by atoms with van der Waals surface area (Å²) in [6.07, 6.45) is 0. The maximum absolute atomic E-state index is 13.3. The predicted molar refractivity (Wildman–Crippen MR) is 96.1 cm³/mol. The van der Waals surface area contributed by atoms with Crippen molar-refractivity contribution in [1.29, 1.82) is 5.26 Å². The minimum absolute atomic E-state index is 0.191. The summed E-state index contributed by atoms with van der Waals surface area (Å²) in [6.45, 7) is 0. The highest BCUT2D eigenvalue weighted by atomic mass is 32.2. The molecule has 128 valence electrons. The number of hydrogen-bond acceptors (Lipinski definition) is 5. The van der Waals surface area contributed by atoms with Gasteiger partial charge in [0, 0.05) is 17.5 Å². The number of nitriles is 1. The summed E-state index contributed by atoms with van der Waals surface area (Å²) in [5.74, 6) is -0.195. The SMILES string of the molecule is COc1cccc(N/C(SCc2cccc(F)c2)=C(/C#N)C(N)=O)c1. The molecule has 0 bridgehead atoms. The molecule has 2 aromatic carbocycles. The van der Waals surface area contributed by atoms with Crippen LogP contribution in [0.4, 0.5) is 10.1 Å². The third kappa shape index (κ3) is 5.26. The van der Waals surface area contributed by atoms with Gasteiger partial charge in [-0.15, -0.1) is 11.8 Å². The molecule has 2 aromatic rings. The van der Waals surface area contributed by atoms with Gasteiger partial charge in [-0.2, -0.15) is 5.26 Å². The van der Waals surface area contributed by atoms with E-state index >= 15 is 0 Å². The molecule has 5 nitrogen and oxygen atoms in total. The first-order valence-corrected chi connectivity index (χ1v) is 8.24. The number of carbonyl (C=O) groups is 1. The number of rotatable bonds is 7. The van der Waals surface area contributed by atoms with Crippen molar-refractivity contribution in [2.24, 2.45) is 5.73 Å². The molecule has 0 aromatic heterocycles. The van der Waals surface area contributed by atoms with Gasteiger partial charge in [-0.25, -0.2) is 4.39 Å². The Hall–Kier alpha value is -2.98. The molecule has 2 rings (SSSR count). The maximum Gasteiger partial charge on any atom is 0.262 e. The number of carbonyl (C=O) groups excluding carboxylic acids is 1. The van der Waals surface area contributed by atoms with Gasteiger partial charge in [0.15, 0.2) is 0 Å². The van der Waals surface area contributed by atoms with Gasteiger partial charge in [0.05, 0.1) is 12.1 Å². The van der Waals surface area contributed by atoms with Crippen LogP contribution in [0.1, 0.15) is 5.56 Å². The zero-order valence-corrected chi connectivity index (χ0v) is 14.3. The highest BCUT2D eigenvalue weighted by Crippen LogP contribution is 2.28. The Balaban J connectivity index is 2.27. The summed E-state index contributed by atoms with van der Waals surface area (Å²) in [6, 6.07) is 14.9. The first kappa shape index (κ1) is 18.4. The molecule has 0 heterocycles. The topological polar surface area (TPSA) is 88.1 Å². The lowest BCUT2D eigenvalue weighted by molar-refractivity contribution is -0.114. The summed E-state index contributed by atoms with van der Waals surface area (Å²) in [4.78, 5) is 11.6. The van der Waals surface area contributed by atoms with E-state index in [9.17, 15) is 14.4 Å². The Morgan fingerprint density at radius 3 is 2.72 bits per heavy atom. The predicted octanol–water partition coefficient (Wildman–Crippen LogP) is 3.40. The molecule has 0 unspecified atom stereocenters. The number of halogens is 1. The van der Waals surface area contributed by atoms with Crippen molar-refractivity contribution in [3.8, 4) is 11.8 Å². The minimum atomic E-state index is -0.834. The number of nitrogens with one attached hydrogen (secondary N) is 1. The summed E-state index contributed by atoms with van der Waals surface area (Å²) < 4.78 is 18.4. The second kappa shape index (κ2) is 8.76. The number of primary amides is 1. The number of thioether (sulfide) groups is 1. The van der Waals surface area contributed by atoms with E-state index in [1.54, 1.807) is 43.5 Å². The van der Waals surface area contributed by atoms with Crippen molar-refractivity contribution in [3.63, 3.8) is 0 Å². The molecule has 3 N–H and O–H groups in total. The Kier molecular flexibility index (Phi) is 6.43. The molecule has 0 saturated carbocycles. The van der Waals surface area contributed by atoms with Gasteiger partial charge in [0.2, 0.25) is 0 Å². The fourth-order valence-electron chi connectivity index (χ4n) is 2.00. The molecular formula is C18H16FN3O2S. The van der Waals surface area contributed by atoms with Crippen LogP contribution in [-0.4, -0.2) is 13.0 Å². The highest BCUT2D eigenvalue weighted by molar-refractivity contribution is 8.02. The molecule has 0 aliphatic heterocycles. The normalized spacial score (nSPS) is 11.2. The number of amides is 1. The van der Waals surface area contributed by atoms with Crippen LogP contribution in [0.25, 0.3) is 0 Å². The van der Waals surface area contributed by atoms with Gasteiger partial charge in [-0.05, 0) is 29.8 Å². The zero-order valence-electron chi connectivity index (χ0n) is 13.5. The quantitative estimate of drug-likeness (QED) is 0.586. The second-order valence-electron chi connectivity index (χ2n) is 4.96. The third-order valence-electron chi connectivity index (χ3n) is 3.19. The fraction of sp³-hybridized carbons (Fsp3) is 0.111. The molecule has 0 spiro atoms. The summed E-state index contributed by atoms with van der Waals surface area (Å²) in [5.41, 5.74) is 6.46. The Labute approximate surface area is 149 Å². The van der Waals surface area contributed by atoms with Crippen LogP contribution in [-0.2, 0) is 10.5 Å². The molecule has 0 atom stereocenters. The van der Waals surface area contributed by atoms with Crippen LogP contribution in [0.15, 0.2) is 59.1 Å². The van der Waals surface area contributed by atoms with E-state index in [1.165, 1.54) is 23.9 Å². The van der Waals surface area contributed by atoms with Crippen molar-refractivity contribution in [2.45, 2.75) is 5.75 Å². The molecule has 25 heavy (non-hydrogen) atoms. The maximum atomic E-state index is 13.3. The monoisotopic (exact) mass is 357 g/mol. The summed E-state index contributed by atoms with van der Waals surface area (Å²) >= 11 is 1.19. The van der Waals surface area contributed by atoms with Gasteiger partial charge in [0.1, 0.15) is 23.2 Å². The molecule has 7 heteroatoms. The lowest BCUT2D eigenvalue weighted by atomic mass is 10.2. The number of benzene rings is 2. The molecule has 0 saturated heterocycles. The molecule has 0 aliphatic rings. The smallest absolute Gasteiger partial charge is 0.262 e. The molecule has 0 fully saturated rings. The van der Waals surface area contributed by atoms with Crippen LogP contribution in [0.2, 0.25) is 0 Å². The van der Waals surface area contributed by atoms with E-state index in [2.05, 4.69) is 5.32 Å². The van der Waals surface area contributed by atoms with Gasteiger partial charge < -0.3 is 15.8 Å². The molecular weight excluding hydrogens is 341 g/mol. The van der Waals surface area contributed by atoms with Crippen LogP contribution in [0.3, 0.4) is 0 Å². The van der Waals surface area contributed by atoms with Crippen molar-refractivity contribution >= 4 is 23.4 Å². The van der Waals surface area contributed by atoms with Crippen LogP contribution in [0.5, 0.6) is 5.75 Å². The third-order valence-corrected chi connectivity index (χ3v) is 4.26. The van der Waals surface area contributed by atoms with Crippen molar-refractivity contribution < 1.29 is 13.9 Å². The van der Waals surface area contributed by atoms with Crippen LogP contribution >= 0.6 is 11.8 Å². The Morgan fingerprint density at radius 2 is 2.08 bits per heavy atom. The van der Waals surface area contributed by atoms with Crippen LogP contribution < -0.4 is 15.8 Å². The van der Waals surface area contributed by atoms with E-state index < -0.39 is 5.91 Å². The van der Waals surface area contributed by atoms with Gasteiger partial charge in [-0.3, -0.25) is 4.79 Å². The minimum Gasteiger partial charge on any atom is -0.497 e. The number of hydrogen-bond donors (Lipinski definition) is 2. The lowest BCUT2D eigenvalue weighted by Gasteiger charge is -2.13. The molecule has 0 radical (unpaired) electrons. The fourth-order valence-corrected chi connectivity index (χ4v) is 2.97. The standard InChI is InChI=1S/C18H16FN3O2S/c1-24-15-7-3-6-14(9-15)22-18(16(10-20)17(21)23)25-11-12-4-2-5-13(19)8-12/h2-9,22H,11H2,1H3,(H2,21,23)/b18-16+. The van der Waals surface area contributed by atoms with E-state index in [1.807, 2.05) is 6.07 Å². The van der Waals surface area contributed by atoms with Crippen molar-refractivity contribution in [3.05, 3.63) is 70.5 Å². The van der Waals surface area contributed by atoms with Gasteiger partial charge in [-0.1, -0.05) is 18.2 Å². The van der Waals surface area contributed by atoms with Gasteiger partial charge in [0.25, 0.3) is 5.91 Å². The second-order valence-corrected chi connectivity index (χ2v) is 5.94. The highest BCUT2D eigenvalue weighted by Gasteiger charge is 2.14. The number of nitrogens with zero attached hydrogens (tertiary/aromatic N) is 1. The first-order chi connectivity index (χ1) is 12.0. The van der Waals surface area contributed by atoms with E-state index in [4.69, 9.17) is 10.5 Å². The number of anilines is 1. The van der Waals surface area contributed by atoms with E-state index in [0.29, 0.717) is 22.2 Å². The molecule has 1 amide bonds. The van der Waals surface area contributed by atoms with Gasteiger partial charge >= 0.3 is 0 Å². The number of ether oxygens (including phenoxy) is 1. The number of methoxy groups -OCH3 is 1. The average Bonchev–Trinajstić information content (AvgIpc) is 2.60. The summed E-state index contributed by atoms with van der Waals surface area (Å²) in [7, 11) is 1.54. The Bertz CT molecular complexity index is 846. The Morgan fingerprint density at radius 1 is 1.32 bits per heavy atom. The molecule has 0 aliphatic carbocycles. The van der Waals surface area contributed by atoms with E-state index in [0.717, 1.165) is 5.56 Å². The number of nitrogens with two attached hydrogens (primary N) is 1. The zero-order chi connectivity index (χ0) is 18.2. The largest absolute Gasteiger partial charge is 0.497 e. The van der Waals surface area contributed by atoms with Crippen molar-refractivity contribution in [1.82, 2.24) is 0 Å². The lowest BCUT2D eigenvalue weighted by Crippen LogP contribution is -2.16.